The second-order valence-corrected chi connectivity index (χ2v) is 8.87. The Labute approximate surface area is 193 Å². The largest absolute Gasteiger partial charge is 0.493 e. The van der Waals surface area contributed by atoms with Gasteiger partial charge in [-0.1, -0.05) is 36.8 Å². The van der Waals surface area contributed by atoms with Crippen molar-refractivity contribution in [1.82, 2.24) is 14.9 Å². The number of nitrogens with one attached hydrogen (secondary N) is 1. The Morgan fingerprint density at radius 2 is 2.00 bits per heavy atom. The Morgan fingerprint density at radius 1 is 1.22 bits per heavy atom. The van der Waals surface area contributed by atoms with Gasteiger partial charge in [-0.15, -0.1) is 0 Å². The van der Waals surface area contributed by atoms with Gasteiger partial charge >= 0.3 is 0 Å². The predicted octanol–water partition coefficient (Wildman–Crippen LogP) is 4.31. The summed E-state index contributed by atoms with van der Waals surface area (Å²) in [7, 11) is 3.10. The number of benzene rings is 1. The summed E-state index contributed by atoms with van der Waals surface area (Å²) in [6.07, 6.45) is 9.72. The highest BCUT2D eigenvalue weighted by atomic mass is 32.2. The van der Waals surface area contributed by atoms with Gasteiger partial charge in [0.1, 0.15) is 0 Å². The van der Waals surface area contributed by atoms with Crippen LogP contribution in [-0.2, 0) is 11.3 Å². The SMILES string of the molecule is CCCCNC(=O)CSc1nc2cc(OC)c(OC)cc2c(=O)n1CCC1=CCCCC1. The molecule has 0 saturated carbocycles. The van der Waals surface area contributed by atoms with Crippen molar-refractivity contribution in [3.05, 3.63) is 34.1 Å². The van der Waals surface area contributed by atoms with E-state index in [1.54, 1.807) is 30.9 Å². The van der Waals surface area contributed by atoms with E-state index in [1.807, 2.05) is 0 Å². The van der Waals surface area contributed by atoms with E-state index in [2.05, 4.69) is 18.3 Å². The number of carbonyl (C=O) groups excluding carboxylic acids is 1. The molecule has 1 aliphatic rings. The van der Waals surface area contributed by atoms with Crippen LogP contribution in [0.15, 0.2) is 33.7 Å². The first-order valence-corrected chi connectivity index (χ1v) is 12.3. The molecular weight excluding hydrogens is 426 g/mol. The number of hydrogen-bond donors (Lipinski definition) is 1. The molecule has 0 unspecified atom stereocenters. The van der Waals surface area contributed by atoms with E-state index in [9.17, 15) is 9.59 Å². The zero-order valence-corrected chi connectivity index (χ0v) is 20.1. The van der Waals surface area contributed by atoms with Crippen LogP contribution in [0, 0.1) is 0 Å². The highest BCUT2D eigenvalue weighted by molar-refractivity contribution is 7.99. The topological polar surface area (TPSA) is 82.5 Å². The summed E-state index contributed by atoms with van der Waals surface area (Å²) in [5, 5.41) is 3.96. The van der Waals surface area contributed by atoms with Crippen LogP contribution in [0.5, 0.6) is 11.5 Å². The fourth-order valence-corrected chi connectivity index (χ4v) is 4.66. The summed E-state index contributed by atoms with van der Waals surface area (Å²) in [5.41, 5.74) is 1.81. The summed E-state index contributed by atoms with van der Waals surface area (Å²) in [5.74, 6) is 1.19. The number of ether oxygens (including phenoxy) is 2. The Morgan fingerprint density at radius 3 is 2.69 bits per heavy atom. The Kier molecular flexibility index (Phi) is 9.02. The minimum atomic E-state index is -0.124. The third-order valence-electron chi connectivity index (χ3n) is 5.65. The maximum atomic E-state index is 13.4. The molecule has 32 heavy (non-hydrogen) atoms. The van der Waals surface area contributed by atoms with Crippen LogP contribution in [0.4, 0.5) is 0 Å². The minimum absolute atomic E-state index is 0.0494. The van der Waals surface area contributed by atoms with Gasteiger partial charge in [0.05, 0.1) is 30.9 Å². The van der Waals surface area contributed by atoms with Crippen molar-refractivity contribution in [1.29, 1.82) is 0 Å². The molecule has 0 saturated heterocycles. The van der Waals surface area contributed by atoms with Crippen molar-refractivity contribution >= 4 is 28.6 Å². The molecule has 0 fully saturated rings. The molecule has 174 valence electrons. The number of rotatable bonds is 11. The maximum Gasteiger partial charge on any atom is 0.262 e. The van der Waals surface area contributed by atoms with Gasteiger partial charge in [0.2, 0.25) is 5.91 Å². The van der Waals surface area contributed by atoms with E-state index >= 15 is 0 Å². The molecule has 0 aliphatic heterocycles. The summed E-state index contributed by atoms with van der Waals surface area (Å²) >= 11 is 1.30. The lowest BCUT2D eigenvalue weighted by Crippen LogP contribution is -2.28. The molecule has 0 spiro atoms. The van der Waals surface area contributed by atoms with Gasteiger partial charge in [0.25, 0.3) is 5.56 Å². The molecular formula is C24H33N3O4S. The smallest absolute Gasteiger partial charge is 0.262 e. The van der Waals surface area contributed by atoms with Gasteiger partial charge < -0.3 is 14.8 Å². The summed E-state index contributed by atoms with van der Waals surface area (Å²) < 4.78 is 12.5. The molecule has 8 heteroatoms. The minimum Gasteiger partial charge on any atom is -0.493 e. The van der Waals surface area contributed by atoms with Gasteiger partial charge in [-0.05, 0) is 44.6 Å². The monoisotopic (exact) mass is 459 g/mol. The third-order valence-corrected chi connectivity index (χ3v) is 6.63. The van der Waals surface area contributed by atoms with Crippen molar-refractivity contribution in [3.63, 3.8) is 0 Å². The number of amides is 1. The number of thioether (sulfide) groups is 1. The molecule has 0 radical (unpaired) electrons. The van der Waals surface area contributed by atoms with Crippen LogP contribution in [0.2, 0.25) is 0 Å². The van der Waals surface area contributed by atoms with Gasteiger partial charge in [-0.3, -0.25) is 14.2 Å². The van der Waals surface area contributed by atoms with Crippen LogP contribution in [-0.4, -0.2) is 42.0 Å². The number of unbranched alkanes of at least 4 members (excludes halogenated alkanes) is 1. The Balaban J connectivity index is 1.92. The van der Waals surface area contributed by atoms with E-state index < -0.39 is 0 Å². The quantitative estimate of drug-likeness (QED) is 0.233. The van der Waals surface area contributed by atoms with Gasteiger partial charge in [0, 0.05) is 19.2 Å². The summed E-state index contributed by atoms with van der Waals surface area (Å²) in [6.45, 7) is 3.30. The van der Waals surface area contributed by atoms with E-state index in [4.69, 9.17) is 14.5 Å². The van der Waals surface area contributed by atoms with Crippen molar-refractivity contribution in [2.24, 2.45) is 0 Å². The number of aromatic nitrogens is 2. The molecule has 7 nitrogen and oxygen atoms in total. The summed E-state index contributed by atoms with van der Waals surface area (Å²) in [4.78, 5) is 30.4. The van der Waals surface area contributed by atoms with Crippen molar-refractivity contribution < 1.29 is 14.3 Å². The number of hydrogen-bond acceptors (Lipinski definition) is 6. The van der Waals surface area contributed by atoms with E-state index in [0.717, 1.165) is 32.1 Å². The van der Waals surface area contributed by atoms with Crippen molar-refractivity contribution in [2.45, 2.75) is 63.6 Å². The predicted molar refractivity (Wildman–Crippen MR) is 129 cm³/mol. The first-order valence-electron chi connectivity index (χ1n) is 11.3. The second kappa shape index (κ2) is 11.9. The number of nitrogens with zero attached hydrogens (tertiary/aromatic N) is 2. The van der Waals surface area contributed by atoms with E-state index in [0.29, 0.717) is 40.6 Å². The maximum absolute atomic E-state index is 13.4. The van der Waals surface area contributed by atoms with Gasteiger partial charge in [0.15, 0.2) is 16.7 Å². The standard InChI is InChI=1S/C24H33N3O4S/c1-4-5-12-25-22(28)16-32-24-26-19-15-21(31-3)20(30-2)14-18(19)23(29)27(24)13-11-17-9-7-6-8-10-17/h9,14-15H,4-8,10-13,16H2,1-3H3,(H,25,28). The van der Waals surface area contributed by atoms with Crippen LogP contribution in [0.3, 0.4) is 0 Å². The van der Waals surface area contributed by atoms with Gasteiger partial charge in [-0.25, -0.2) is 4.98 Å². The Hall–Kier alpha value is -2.48. The molecule has 1 N–H and O–H groups in total. The lowest BCUT2D eigenvalue weighted by atomic mass is 9.97. The fraction of sp³-hybridized carbons (Fsp3) is 0.542. The molecule has 3 rings (SSSR count). The third kappa shape index (κ3) is 6.06. The average molecular weight is 460 g/mol. The lowest BCUT2D eigenvalue weighted by Gasteiger charge is -2.17. The van der Waals surface area contributed by atoms with E-state index in [1.165, 1.54) is 30.2 Å². The fourth-order valence-electron chi connectivity index (χ4n) is 3.81. The molecule has 1 aromatic heterocycles. The number of methoxy groups -OCH3 is 2. The van der Waals surface area contributed by atoms with Crippen LogP contribution < -0.4 is 20.3 Å². The van der Waals surface area contributed by atoms with Crippen LogP contribution in [0.1, 0.15) is 51.9 Å². The first-order chi connectivity index (χ1) is 15.6. The number of fused-ring (bicyclic) bond motifs is 1. The molecule has 0 atom stereocenters. The normalized spacial score (nSPS) is 13.7. The zero-order chi connectivity index (χ0) is 22.9. The highest BCUT2D eigenvalue weighted by Gasteiger charge is 2.17. The Bertz CT molecular complexity index is 1030. The highest BCUT2D eigenvalue weighted by Crippen LogP contribution is 2.31. The zero-order valence-electron chi connectivity index (χ0n) is 19.2. The molecule has 2 aromatic rings. The van der Waals surface area contributed by atoms with Crippen molar-refractivity contribution in [2.75, 3.05) is 26.5 Å². The van der Waals surface area contributed by atoms with Gasteiger partial charge in [-0.2, -0.15) is 0 Å². The summed E-state index contributed by atoms with van der Waals surface area (Å²) in [6, 6.07) is 3.40. The molecule has 1 heterocycles. The average Bonchev–Trinajstić information content (AvgIpc) is 2.82. The molecule has 0 bridgehead atoms. The molecule has 1 amide bonds. The van der Waals surface area contributed by atoms with Crippen LogP contribution >= 0.6 is 11.8 Å². The van der Waals surface area contributed by atoms with E-state index in [-0.39, 0.29) is 17.2 Å². The van der Waals surface area contributed by atoms with Crippen molar-refractivity contribution in [3.8, 4) is 11.5 Å². The molecule has 1 aromatic carbocycles. The number of allylic oxidation sites excluding steroid dienone is 2. The number of carbonyl (C=O) groups is 1. The lowest BCUT2D eigenvalue weighted by molar-refractivity contribution is -0.118. The first kappa shape index (κ1) is 24.2. The molecule has 1 aliphatic carbocycles. The second-order valence-electron chi connectivity index (χ2n) is 7.93. The van der Waals surface area contributed by atoms with Crippen LogP contribution in [0.25, 0.3) is 10.9 Å².